The van der Waals surface area contributed by atoms with E-state index in [1.54, 1.807) is 45.3 Å². The van der Waals surface area contributed by atoms with Crippen molar-refractivity contribution >= 4 is 135 Å². The zero-order chi connectivity index (χ0) is 72.7. The Bertz CT molecular complexity index is 4400. The van der Waals surface area contributed by atoms with Gasteiger partial charge in [0.1, 0.15) is 0 Å². The molecule has 0 radical (unpaired) electrons. The number of carbonyl (C=O) groups excluding carboxylic acids is 4. The first-order valence-electron chi connectivity index (χ1n) is 40.4. The molecule has 0 saturated carbocycles. The van der Waals surface area contributed by atoms with Crippen molar-refractivity contribution in [1.82, 2.24) is 28.7 Å². The van der Waals surface area contributed by atoms with E-state index in [0.717, 1.165) is 205 Å². The number of hydrogen-bond acceptors (Lipinski definition) is 8. The summed E-state index contributed by atoms with van der Waals surface area (Å²) in [7, 11) is 0. The highest BCUT2D eigenvalue weighted by Gasteiger charge is 2.52. The number of hydrogen-bond donors (Lipinski definition) is 0. The SMILES string of the molecule is CCCCCCn1c2cc(-c3ccc(C4=C5C(=O)N(CC(CC)CCCC)C(c6cccs6)=C5C(=O)N4CC(CC)CCCC)s3)ccc2c2cc3c(cc21)c1ccc(-c2ccc(C4=C5C(=O)N(CC(CC)CCCC)C(c6cccs6)=C5C(=O)N4CC(CC)CCCC)s2)cc1n3CCCCCC. The second kappa shape index (κ2) is 34.2. The summed E-state index contributed by atoms with van der Waals surface area (Å²) in [4.78, 5) is 76.1. The van der Waals surface area contributed by atoms with Gasteiger partial charge in [0.15, 0.2) is 0 Å². The zero-order valence-electron chi connectivity index (χ0n) is 63.9. The number of unbranched alkanes of at least 4 members (excludes halogenated alkanes) is 10. The number of benzene rings is 3. The van der Waals surface area contributed by atoms with Crippen molar-refractivity contribution in [1.29, 1.82) is 0 Å². The van der Waals surface area contributed by atoms with Gasteiger partial charge in [0, 0.05) is 92.6 Å². The molecule has 10 heterocycles. The highest BCUT2D eigenvalue weighted by atomic mass is 32.1. The van der Waals surface area contributed by atoms with Crippen LogP contribution >= 0.6 is 45.3 Å². The Kier molecular flexibility index (Phi) is 24.7. The van der Waals surface area contributed by atoms with Crippen molar-refractivity contribution < 1.29 is 19.2 Å². The zero-order valence-corrected chi connectivity index (χ0v) is 67.1. The lowest BCUT2D eigenvalue weighted by Crippen LogP contribution is -2.34. The Morgan fingerprint density at radius 3 is 0.913 bits per heavy atom. The largest absolute Gasteiger partial charge is 0.340 e. The van der Waals surface area contributed by atoms with E-state index in [-0.39, 0.29) is 23.6 Å². The third kappa shape index (κ3) is 14.7. The molecular formula is C90H112N6O4S4. The van der Waals surface area contributed by atoms with Crippen LogP contribution in [0, 0.1) is 23.7 Å². The number of aromatic nitrogens is 2. The van der Waals surface area contributed by atoms with E-state index in [0.29, 0.717) is 72.1 Å². The van der Waals surface area contributed by atoms with Crippen molar-refractivity contribution in [2.45, 2.75) is 236 Å². The van der Waals surface area contributed by atoms with Gasteiger partial charge in [0.05, 0.1) is 64.6 Å². The number of fused-ring (bicyclic) bond motifs is 8. The van der Waals surface area contributed by atoms with Gasteiger partial charge in [0.25, 0.3) is 23.6 Å². The standard InChI is InChI=1S/C90H112N6O4S4/c1-11-21-27-29-47-91-69-51-63(73-43-45-77(103-73)85-81-79(87(97)95(85)57-61(19-9)35-25-15-5)83(75-37-31-49-101-75)93(89(81)99)55-59(17-7)33-23-13-3)39-41-65(69)67-54-72-68(53-71(67)91)66-42-40-64(52-70(66)92(72)48-30-28-22-12-2)74-44-46-78(104-74)86-82-80(88(98)96(86)58-62(20-10)36-26-16-6)84(76-38-32-50-102-76)94(90(82)100)56-60(18-8)34-24-14-4/h31-32,37-46,49-54,59-62H,11-30,33-36,47-48,55-58H2,1-10H3. The number of amides is 4. The molecule has 10 nitrogen and oxygen atoms in total. The fourth-order valence-electron chi connectivity index (χ4n) is 17.1. The fraction of sp³-hybridized carbons (Fsp3) is 0.489. The topological polar surface area (TPSA) is 91.1 Å². The molecule has 4 atom stereocenters. The van der Waals surface area contributed by atoms with Crippen molar-refractivity contribution in [3.05, 3.63) is 150 Å². The fourth-order valence-corrected chi connectivity index (χ4v) is 20.8. The molecule has 6 aromatic heterocycles. The van der Waals surface area contributed by atoms with Crippen molar-refractivity contribution in [2.24, 2.45) is 23.7 Å². The Hall–Kier alpha value is -7.10. The molecule has 14 heteroatoms. The predicted octanol–water partition coefficient (Wildman–Crippen LogP) is 25.1. The minimum atomic E-state index is -0.0310. The summed E-state index contributed by atoms with van der Waals surface area (Å²) in [6.07, 6.45) is 26.2. The summed E-state index contributed by atoms with van der Waals surface area (Å²) in [5, 5.41) is 9.16. The molecule has 550 valence electrons. The van der Waals surface area contributed by atoms with E-state index in [1.807, 2.05) is 31.7 Å². The normalized spacial score (nSPS) is 16.2. The summed E-state index contributed by atoms with van der Waals surface area (Å²) in [6, 6.07) is 36.3. The van der Waals surface area contributed by atoms with E-state index in [4.69, 9.17) is 0 Å². The molecule has 0 fully saturated rings. The highest BCUT2D eigenvalue weighted by Crippen LogP contribution is 2.53. The molecule has 4 amide bonds. The van der Waals surface area contributed by atoms with Crippen molar-refractivity contribution in [3.63, 3.8) is 0 Å². The quantitative estimate of drug-likeness (QED) is 0.0358. The maximum atomic E-state index is 15.5. The van der Waals surface area contributed by atoms with Crippen LogP contribution in [0.1, 0.15) is 243 Å². The third-order valence-electron chi connectivity index (χ3n) is 23.4. The monoisotopic (exact) mass is 1470 g/mol. The average Bonchev–Trinajstić information content (AvgIpc) is 1.56. The predicted molar refractivity (Wildman–Crippen MR) is 444 cm³/mol. The van der Waals surface area contributed by atoms with Gasteiger partial charge in [-0.3, -0.25) is 19.2 Å². The molecule has 4 aliphatic rings. The first kappa shape index (κ1) is 75.1. The number of rotatable bonds is 40. The maximum absolute atomic E-state index is 15.5. The van der Waals surface area contributed by atoms with Gasteiger partial charge in [-0.25, -0.2) is 0 Å². The number of carbonyl (C=O) groups is 4. The van der Waals surface area contributed by atoms with E-state index in [1.165, 1.54) is 69.3 Å². The van der Waals surface area contributed by atoms with Gasteiger partial charge in [-0.15, -0.1) is 45.3 Å². The van der Waals surface area contributed by atoms with Crippen molar-refractivity contribution in [3.8, 4) is 20.9 Å². The Balaban J connectivity index is 0.906. The van der Waals surface area contributed by atoms with Crippen LogP contribution < -0.4 is 0 Å². The van der Waals surface area contributed by atoms with Crippen LogP contribution in [0.4, 0.5) is 0 Å². The van der Waals surface area contributed by atoms with Crippen LogP contribution in [0.2, 0.25) is 0 Å². The van der Waals surface area contributed by atoms with Crippen LogP contribution in [-0.2, 0) is 32.3 Å². The lowest BCUT2D eigenvalue weighted by molar-refractivity contribution is -0.124. The highest BCUT2D eigenvalue weighted by molar-refractivity contribution is 7.17. The van der Waals surface area contributed by atoms with Crippen LogP contribution in [0.15, 0.2) is 130 Å². The molecule has 0 saturated heterocycles. The van der Waals surface area contributed by atoms with Gasteiger partial charge in [-0.1, -0.05) is 221 Å². The van der Waals surface area contributed by atoms with Gasteiger partial charge >= 0.3 is 0 Å². The van der Waals surface area contributed by atoms with Gasteiger partial charge in [0.2, 0.25) is 0 Å². The molecule has 9 aromatic rings. The first-order chi connectivity index (χ1) is 50.9. The van der Waals surface area contributed by atoms with E-state index < -0.39 is 0 Å². The minimum absolute atomic E-state index is 0.0310. The van der Waals surface area contributed by atoms with E-state index >= 15 is 19.2 Å². The van der Waals surface area contributed by atoms with Gasteiger partial charge < -0.3 is 28.7 Å². The summed E-state index contributed by atoms with van der Waals surface area (Å²) in [5.41, 5.74) is 12.8. The van der Waals surface area contributed by atoms with Crippen molar-refractivity contribution in [2.75, 3.05) is 26.2 Å². The lowest BCUT2D eigenvalue weighted by atomic mass is 9.98. The summed E-state index contributed by atoms with van der Waals surface area (Å²) >= 11 is 6.68. The lowest BCUT2D eigenvalue weighted by Gasteiger charge is -2.29. The summed E-state index contributed by atoms with van der Waals surface area (Å²) < 4.78 is 5.22. The molecule has 104 heavy (non-hydrogen) atoms. The molecule has 4 unspecified atom stereocenters. The van der Waals surface area contributed by atoms with Gasteiger partial charge in [-0.2, -0.15) is 0 Å². The number of nitrogens with zero attached hydrogens (tertiary/aromatic N) is 6. The van der Waals surface area contributed by atoms with Crippen LogP contribution in [-0.4, -0.2) is 78.5 Å². The third-order valence-corrected chi connectivity index (χ3v) is 27.4. The molecular weight excluding hydrogens is 1360 g/mol. The Labute approximate surface area is 635 Å². The average molecular weight is 1470 g/mol. The molecule has 0 bridgehead atoms. The molecule has 0 aliphatic carbocycles. The second-order valence-corrected chi connectivity index (χ2v) is 34.3. The second-order valence-electron chi connectivity index (χ2n) is 30.3. The van der Waals surface area contributed by atoms with E-state index in [2.05, 4.69) is 174 Å². The molecule has 3 aromatic carbocycles. The minimum Gasteiger partial charge on any atom is -0.340 e. The molecule has 0 spiro atoms. The maximum Gasteiger partial charge on any atom is 0.261 e. The van der Waals surface area contributed by atoms with Crippen LogP contribution in [0.5, 0.6) is 0 Å². The Morgan fingerprint density at radius 1 is 0.308 bits per heavy atom. The van der Waals surface area contributed by atoms with Gasteiger partial charge in [-0.05, 0) is 145 Å². The molecule has 0 N–H and O–H groups in total. The van der Waals surface area contributed by atoms with E-state index in [9.17, 15) is 0 Å². The van der Waals surface area contributed by atoms with Crippen LogP contribution in [0.25, 0.3) is 87.3 Å². The smallest absolute Gasteiger partial charge is 0.261 e. The molecule has 13 rings (SSSR count). The number of thiophene rings is 4. The Morgan fingerprint density at radius 2 is 0.615 bits per heavy atom. The first-order valence-corrected chi connectivity index (χ1v) is 43.8. The summed E-state index contributed by atoms with van der Waals surface area (Å²) in [6.45, 7) is 26.7. The molecule has 4 aliphatic heterocycles. The number of aryl methyl sites for hydroxylation is 2. The van der Waals surface area contributed by atoms with Crippen LogP contribution in [0.3, 0.4) is 0 Å². The summed E-state index contributed by atoms with van der Waals surface area (Å²) in [5.74, 6) is 1.19.